The molecule has 2 atom stereocenters. The minimum atomic E-state index is -0.814. The monoisotopic (exact) mass is 290 g/mol. The first kappa shape index (κ1) is 15.8. The van der Waals surface area contributed by atoms with E-state index in [2.05, 4.69) is 0 Å². The molecular formula is C14H20Cl2O2. The number of hydrogen-bond acceptors (Lipinski definition) is 2. The molecule has 0 radical (unpaired) electrons. The lowest BCUT2D eigenvalue weighted by atomic mass is 9.90. The fourth-order valence-corrected chi connectivity index (χ4v) is 2.54. The molecule has 0 spiro atoms. The Bertz CT molecular complexity index is 378. The van der Waals surface area contributed by atoms with Crippen LogP contribution in [-0.4, -0.2) is 22.4 Å². The molecule has 4 heteroatoms. The van der Waals surface area contributed by atoms with E-state index in [-0.39, 0.29) is 5.92 Å². The second-order valence-corrected chi connectivity index (χ2v) is 5.34. The van der Waals surface area contributed by atoms with E-state index in [9.17, 15) is 10.2 Å². The molecule has 0 aliphatic heterocycles. The maximum Gasteiger partial charge on any atom is 0.0842 e. The van der Waals surface area contributed by atoms with Crippen LogP contribution in [0.15, 0.2) is 18.2 Å². The van der Waals surface area contributed by atoms with Gasteiger partial charge in [-0.25, -0.2) is 0 Å². The second-order valence-electron chi connectivity index (χ2n) is 4.55. The molecule has 102 valence electrons. The van der Waals surface area contributed by atoms with Crippen molar-refractivity contribution in [2.24, 2.45) is 5.92 Å². The van der Waals surface area contributed by atoms with E-state index in [4.69, 9.17) is 23.2 Å². The van der Waals surface area contributed by atoms with Crippen molar-refractivity contribution < 1.29 is 10.2 Å². The predicted octanol–water partition coefficient (Wildman–Crippen LogP) is 3.69. The van der Waals surface area contributed by atoms with Gasteiger partial charge in [-0.05, 0) is 17.5 Å². The van der Waals surface area contributed by atoms with Crippen LogP contribution < -0.4 is 0 Å². The molecule has 0 heterocycles. The summed E-state index contributed by atoms with van der Waals surface area (Å²) in [4.78, 5) is 0. The molecule has 0 saturated heterocycles. The fraction of sp³-hybridized carbons (Fsp3) is 0.571. The van der Waals surface area contributed by atoms with Gasteiger partial charge in [0.2, 0.25) is 0 Å². The topological polar surface area (TPSA) is 40.5 Å². The van der Waals surface area contributed by atoms with Gasteiger partial charge in [0.15, 0.2) is 0 Å². The summed E-state index contributed by atoms with van der Waals surface area (Å²) >= 11 is 12.0. The van der Waals surface area contributed by atoms with Crippen LogP contribution in [0.5, 0.6) is 0 Å². The molecule has 0 amide bonds. The summed E-state index contributed by atoms with van der Waals surface area (Å²) in [6.07, 6.45) is 0.466. The smallest absolute Gasteiger partial charge is 0.0842 e. The van der Waals surface area contributed by atoms with Gasteiger partial charge in [-0.2, -0.15) is 0 Å². The zero-order valence-electron chi connectivity index (χ0n) is 10.7. The van der Waals surface area contributed by atoms with Gasteiger partial charge in [0.25, 0.3) is 0 Å². The molecule has 2 unspecified atom stereocenters. The van der Waals surface area contributed by atoms with Crippen molar-refractivity contribution in [3.63, 3.8) is 0 Å². The quantitative estimate of drug-likeness (QED) is 0.839. The van der Waals surface area contributed by atoms with E-state index in [0.717, 1.165) is 18.4 Å². The highest BCUT2D eigenvalue weighted by molar-refractivity contribution is 6.42. The van der Waals surface area contributed by atoms with Gasteiger partial charge in [0, 0.05) is 6.42 Å². The van der Waals surface area contributed by atoms with Gasteiger partial charge in [0.1, 0.15) is 0 Å². The lowest BCUT2D eigenvalue weighted by molar-refractivity contribution is -0.0187. The SMILES string of the molecule is CCC(CC)C(O)C(O)Cc1cccc(Cl)c1Cl. The first-order chi connectivity index (χ1) is 8.51. The average molecular weight is 291 g/mol. The van der Waals surface area contributed by atoms with Gasteiger partial charge in [0.05, 0.1) is 22.3 Å². The Morgan fingerprint density at radius 3 is 2.28 bits per heavy atom. The van der Waals surface area contributed by atoms with Crippen LogP contribution in [0.4, 0.5) is 0 Å². The zero-order valence-corrected chi connectivity index (χ0v) is 12.2. The molecule has 0 aliphatic rings. The van der Waals surface area contributed by atoms with Crippen molar-refractivity contribution in [2.75, 3.05) is 0 Å². The zero-order chi connectivity index (χ0) is 13.7. The molecule has 0 fully saturated rings. The normalized spacial score (nSPS) is 14.8. The lowest BCUT2D eigenvalue weighted by Gasteiger charge is -2.25. The Kier molecular flexibility index (Phi) is 6.44. The fourth-order valence-electron chi connectivity index (χ4n) is 2.14. The van der Waals surface area contributed by atoms with Crippen LogP contribution in [0.1, 0.15) is 32.3 Å². The predicted molar refractivity (Wildman–Crippen MR) is 76.3 cm³/mol. The number of benzene rings is 1. The molecule has 1 aromatic carbocycles. The van der Waals surface area contributed by atoms with Crippen molar-refractivity contribution in [3.8, 4) is 0 Å². The van der Waals surface area contributed by atoms with Crippen molar-refractivity contribution in [1.82, 2.24) is 0 Å². The third kappa shape index (κ3) is 3.86. The van der Waals surface area contributed by atoms with E-state index < -0.39 is 12.2 Å². The van der Waals surface area contributed by atoms with Crippen LogP contribution in [0, 0.1) is 5.92 Å². The molecule has 1 rings (SSSR count). The van der Waals surface area contributed by atoms with Crippen molar-refractivity contribution in [2.45, 2.75) is 45.3 Å². The van der Waals surface area contributed by atoms with E-state index in [1.54, 1.807) is 12.1 Å². The highest BCUT2D eigenvalue weighted by Gasteiger charge is 2.24. The summed E-state index contributed by atoms with van der Waals surface area (Å²) in [5, 5.41) is 21.1. The Morgan fingerprint density at radius 2 is 1.72 bits per heavy atom. The second kappa shape index (κ2) is 7.34. The third-order valence-electron chi connectivity index (χ3n) is 3.39. The van der Waals surface area contributed by atoms with Crippen LogP contribution in [-0.2, 0) is 6.42 Å². The summed E-state index contributed by atoms with van der Waals surface area (Å²) in [5.41, 5.74) is 0.765. The molecular weight excluding hydrogens is 271 g/mol. The van der Waals surface area contributed by atoms with Crippen molar-refractivity contribution in [3.05, 3.63) is 33.8 Å². The maximum atomic E-state index is 10.1. The first-order valence-electron chi connectivity index (χ1n) is 6.30. The highest BCUT2D eigenvalue weighted by Crippen LogP contribution is 2.27. The number of aliphatic hydroxyl groups excluding tert-OH is 2. The van der Waals surface area contributed by atoms with E-state index in [1.807, 2.05) is 19.9 Å². The third-order valence-corrected chi connectivity index (χ3v) is 4.24. The van der Waals surface area contributed by atoms with E-state index >= 15 is 0 Å². The molecule has 0 aliphatic carbocycles. The highest BCUT2D eigenvalue weighted by atomic mass is 35.5. The molecule has 0 bridgehead atoms. The van der Waals surface area contributed by atoms with Gasteiger partial charge in [-0.15, -0.1) is 0 Å². The summed E-state index contributed by atoms with van der Waals surface area (Å²) in [6, 6.07) is 5.31. The number of aliphatic hydroxyl groups is 2. The van der Waals surface area contributed by atoms with Gasteiger partial charge >= 0.3 is 0 Å². The Morgan fingerprint density at radius 1 is 1.11 bits per heavy atom. The lowest BCUT2D eigenvalue weighted by Crippen LogP contribution is -2.34. The van der Waals surface area contributed by atoms with E-state index in [0.29, 0.717) is 16.5 Å². The number of rotatable bonds is 6. The molecule has 0 aromatic heterocycles. The summed E-state index contributed by atoms with van der Waals surface area (Å²) in [6.45, 7) is 4.02. The molecule has 0 saturated carbocycles. The van der Waals surface area contributed by atoms with Crippen molar-refractivity contribution >= 4 is 23.2 Å². The van der Waals surface area contributed by atoms with Crippen LogP contribution in [0.3, 0.4) is 0 Å². The van der Waals surface area contributed by atoms with Crippen LogP contribution in [0.25, 0.3) is 0 Å². The number of hydrogen-bond donors (Lipinski definition) is 2. The Labute approximate surface area is 119 Å². The summed E-state index contributed by atoms with van der Waals surface area (Å²) < 4.78 is 0. The largest absolute Gasteiger partial charge is 0.390 e. The standard InChI is InChI=1S/C14H20Cl2O2/c1-3-9(4-2)14(18)12(17)8-10-6-5-7-11(15)13(10)16/h5-7,9,12,14,17-18H,3-4,8H2,1-2H3. The molecule has 18 heavy (non-hydrogen) atoms. The Hall–Kier alpha value is -0.280. The average Bonchev–Trinajstić information content (AvgIpc) is 2.36. The summed E-state index contributed by atoms with van der Waals surface area (Å²) in [5.74, 6) is 0.109. The maximum absolute atomic E-state index is 10.1. The van der Waals surface area contributed by atoms with Gasteiger partial charge < -0.3 is 10.2 Å². The van der Waals surface area contributed by atoms with Crippen molar-refractivity contribution in [1.29, 1.82) is 0 Å². The molecule has 1 aromatic rings. The van der Waals surface area contributed by atoms with Gasteiger partial charge in [-0.3, -0.25) is 0 Å². The minimum Gasteiger partial charge on any atom is -0.390 e. The number of halogens is 2. The van der Waals surface area contributed by atoms with Crippen LogP contribution >= 0.6 is 23.2 Å². The Balaban J connectivity index is 2.75. The van der Waals surface area contributed by atoms with Crippen LogP contribution in [0.2, 0.25) is 10.0 Å². The van der Waals surface area contributed by atoms with Gasteiger partial charge in [-0.1, -0.05) is 62.0 Å². The minimum absolute atomic E-state index is 0.109. The molecule has 2 N–H and O–H groups in total. The van der Waals surface area contributed by atoms with E-state index in [1.165, 1.54) is 0 Å². The summed E-state index contributed by atoms with van der Waals surface area (Å²) in [7, 11) is 0. The molecule has 2 nitrogen and oxygen atoms in total. The first-order valence-corrected chi connectivity index (χ1v) is 7.05.